The fourth-order valence-electron chi connectivity index (χ4n) is 2.39. The van der Waals surface area contributed by atoms with Gasteiger partial charge < -0.3 is 14.4 Å². The first-order valence-electron chi connectivity index (χ1n) is 5.40. The van der Waals surface area contributed by atoms with Crippen LogP contribution in [0.2, 0.25) is 0 Å². The van der Waals surface area contributed by atoms with Crippen LogP contribution in [0.1, 0.15) is 19.3 Å². The van der Waals surface area contributed by atoms with Gasteiger partial charge in [-0.1, -0.05) is 0 Å². The molecule has 1 rings (SSSR count). The Balaban J connectivity index is 2.57. The molecule has 1 aliphatic rings. The summed E-state index contributed by atoms with van der Waals surface area (Å²) in [6.45, 7) is 3.76. The molecule has 0 radical (unpaired) electrons. The molecule has 0 amide bonds. The third-order valence-electron chi connectivity index (χ3n) is 2.87. The van der Waals surface area contributed by atoms with Crippen LogP contribution in [-0.4, -0.2) is 52.5 Å². The van der Waals surface area contributed by atoms with Crippen molar-refractivity contribution >= 4 is 0 Å². The average molecular weight is 201 g/mol. The lowest BCUT2D eigenvalue weighted by atomic mass is 9.81. The molecule has 1 fully saturated rings. The molecule has 1 aliphatic heterocycles. The molecule has 0 aromatic carbocycles. The Morgan fingerprint density at radius 3 is 2.71 bits per heavy atom. The molecule has 3 heteroatoms. The number of methoxy groups -OCH3 is 1. The molecule has 3 nitrogen and oxygen atoms in total. The van der Waals surface area contributed by atoms with E-state index in [1.807, 2.05) is 0 Å². The number of hydrogen-bond donors (Lipinski definition) is 0. The van der Waals surface area contributed by atoms with Gasteiger partial charge in [0.15, 0.2) is 0 Å². The van der Waals surface area contributed by atoms with Crippen LogP contribution in [0, 0.1) is 5.41 Å². The molecule has 0 aromatic rings. The molecule has 0 N–H and O–H groups in total. The average Bonchev–Trinajstić information content (AvgIpc) is 2.30. The first-order valence-corrected chi connectivity index (χ1v) is 5.40. The second kappa shape index (κ2) is 5.69. The van der Waals surface area contributed by atoms with Crippen LogP contribution in [0.4, 0.5) is 0 Å². The second-order valence-electron chi connectivity index (χ2n) is 4.64. The SMILES string of the molecule is COCC1(CN(C)C)CCCOCC1. The highest BCUT2D eigenvalue weighted by atomic mass is 16.5. The fraction of sp³-hybridized carbons (Fsp3) is 1.00. The van der Waals surface area contributed by atoms with Crippen LogP contribution in [0.3, 0.4) is 0 Å². The predicted octanol–water partition coefficient (Wildman–Crippen LogP) is 1.38. The molecule has 0 aromatic heterocycles. The lowest BCUT2D eigenvalue weighted by molar-refractivity contribution is 0.0391. The van der Waals surface area contributed by atoms with Gasteiger partial charge >= 0.3 is 0 Å². The monoisotopic (exact) mass is 201 g/mol. The third-order valence-corrected chi connectivity index (χ3v) is 2.87. The van der Waals surface area contributed by atoms with Gasteiger partial charge in [0, 0.05) is 32.3 Å². The van der Waals surface area contributed by atoms with E-state index >= 15 is 0 Å². The van der Waals surface area contributed by atoms with E-state index in [9.17, 15) is 0 Å². The van der Waals surface area contributed by atoms with E-state index in [1.54, 1.807) is 7.11 Å². The Morgan fingerprint density at radius 1 is 1.29 bits per heavy atom. The smallest absolute Gasteiger partial charge is 0.0531 e. The summed E-state index contributed by atoms with van der Waals surface area (Å²) in [5, 5.41) is 0. The zero-order chi connectivity index (χ0) is 10.4. The van der Waals surface area contributed by atoms with E-state index in [2.05, 4.69) is 19.0 Å². The topological polar surface area (TPSA) is 21.7 Å². The van der Waals surface area contributed by atoms with E-state index in [-0.39, 0.29) is 0 Å². The van der Waals surface area contributed by atoms with Crippen molar-refractivity contribution in [3.63, 3.8) is 0 Å². The van der Waals surface area contributed by atoms with Gasteiger partial charge in [-0.3, -0.25) is 0 Å². The van der Waals surface area contributed by atoms with E-state index in [0.717, 1.165) is 39.2 Å². The van der Waals surface area contributed by atoms with E-state index in [1.165, 1.54) is 6.42 Å². The van der Waals surface area contributed by atoms with Crippen LogP contribution < -0.4 is 0 Å². The summed E-state index contributed by atoms with van der Waals surface area (Å²) in [4.78, 5) is 2.25. The largest absolute Gasteiger partial charge is 0.384 e. The molecule has 1 unspecified atom stereocenters. The molecule has 0 spiro atoms. The summed E-state index contributed by atoms with van der Waals surface area (Å²) in [6.07, 6.45) is 3.51. The molecular weight excluding hydrogens is 178 g/mol. The van der Waals surface area contributed by atoms with Crippen LogP contribution >= 0.6 is 0 Å². The molecule has 0 saturated carbocycles. The fourth-order valence-corrected chi connectivity index (χ4v) is 2.39. The van der Waals surface area contributed by atoms with E-state index in [0.29, 0.717) is 5.41 Å². The Hall–Kier alpha value is -0.120. The van der Waals surface area contributed by atoms with E-state index < -0.39 is 0 Å². The Bertz CT molecular complexity index is 151. The van der Waals surface area contributed by atoms with Gasteiger partial charge in [-0.2, -0.15) is 0 Å². The zero-order valence-corrected chi connectivity index (χ0v) is 9.71. The van der Waals surface area contributed by atoms with Crippen molar-refractivity contribution < 1.29 is 9.47 Å². The molecular formula is C11H23NO2. The lowest BCUT2D eigenvalue weighted by Crippen LogP contribution is -2.37. The molecule has 0 aliphatic carbocycles. The summed E-state index contributed by atoms with van der Waals surface area (Å²) in [7, 11) is 6.05. The number of hydrogen-bond acceptors (Lipinski definition) is 3. The molecule has 84 valence electrons. The molecule has 0 bridgehead atoms. The van der Waals surface area contributed by atoms with Crippen LogP contribution in [0.25, 0.3) is 0 Å². The van der Waals surface area contributed by atoms with Crippen molar-refractivity contribution in [1.82, 2.24) is 4.90 Å². The van der Waals surface area contributed by atoms with Crippen LogP contribution in [-0.2, 0) is 9.47 Å². The van der Waals surface area contributed by atoms with Gasteiger partial charge in [0.2, 0.25) is 0 Å². The highest BCUT2D eigenvalue weighted by molar-refractivity contribution is 4.83. The first kappa shape index (κ1) is 12.0. The minimum Gasteiger partial charge on any atom is -0.384 e. The Labute approximate surface area is 87.4 Å². The second-order valence-corrected chi connectivity index (χ2v) is 4.64. The zero-order valence-electron chi connectivity index (χ0n) is 9.71. The lowest BCUT2D eigenvalue weighted by Gasteiger charge is -2.34. The van der Waals surface area contributed by atoms with E-state index in [4.69, 9.17) is 9.47 Å². The van der Waals surface area contributed by atoms with Gasteiger partial charge in [-0.25, -0.2) is 0 Å². The number of rotatable bonds is 4. The van der Waals surface area contributed by atoms with Crippen molar-refractivity contribution in [1.29, 1.82) is 0 Å². The van der Waals surface area contributed by atoms with Gasteiger partial charge in [-0.15, -0.1) is 0 Å². The van der Waals surface area contributed by atoms with Gasteiger partial charge in [0.05, 0.1) is 6.61 Å². The standard InChI is InChI=1S/C11H23NO2/c1-12(2)9-11(10-13-3)5-4-7-14-8-6-11/h4-10H2,1-3H3. The van der Waals surface area contributed by atoms with Crippen molar-refractivity contribution in [3.8, 4) is 0 Å². The predicted molar refractivity (Wildman–Crippen MR) is 57.5 cm³/mol. The quantitative estimate of drug-likeness (QED) is 0.686. The van der Waals surface area contributed by atoms with Gasteiger partial charge in [0.1, 0.15) is 0 Å². The van der Waals surface area contributed by atoms with Crippen LogP contribution in [0.15, 0.2) is 0 Å². The van der Waals surface area contributed by atoms with Crippen LogP contribution in [0.5, 0.6) is 0 Å². The van der Waals surface area contributed by atoms with Crippen molar-refractivity contribution in [2.24, 2.45) is 5.41 Å². The van der Waals surface area contributed by atoms with Crippen molar-refractivity contribution in [3.05, 3.63) is 0 Å². The number of ether oxygens (including phenoxy) is 2. The first-order chi connectivity index (χ1) is 6.68. The molecule has 1 saturated heterocycles. The Kier molecular flexibility index (Phi) is 4.85. The van der Waals surface area contributed by atoms with Crippen molar-refractivity contribution in [2.45, 2.75) is 19.3 Å². The maximum Gasteiger partial charge on any atom is 0.0531 e. The normalized spacial score (nSPS) is 29.1. The summed E-state index contributed by atoms with van der Waals surface area (Å²) in [5.74, 6) is 0. The summed E-state index contributed by atoms with van der Waals surface area (Å²) in [6, 6.07) is 0. The molecule has 1 atom stereocenters. The maximum atomic E-state index is 5.50. The molecule has 14 heavy (non-hydrogen) atoms. The third kappa shape index (κ3) is 3.56. The van der Waals surface area contributed by atoms with Crippen molar-refractivity contribution in [2.75, 3.05) is 47.6 Å². The summed E-state index contributed by atoms with van der Waals surface area (Å²) in [5.41, 5.74) is 0.314. The summed E-state index contributed by atoms with van der Waals surface area (Å²) < 4.78 is 10.9. The minimum atomic E-state index is 0.314. The highest BCUT2D eigenvalue weighted by Gasteiger charge is 2.31. The maximum absolute atomic E-state index is 5.50. The Morgan fingerprint density at radius 2 is 2.07 bits per heavy atom. The van der Waals surface area contributed by atoms with Gasteiger partial charge in [-0.05, 0) is 33.4 Å². The number of nitrogens with zero attached hydrogens (tertiary/aromatic N) is 1. The molecule has 1 heterocycles. The summed E-state index contributed by atoms with van der Waals surface area (Å²) >= 11 is 0. The van der Waals surface area contributed by atoms with Gasteiger partial charge in [0.25, 0.3) is 0 Å². The highest BCUT2D eigenvalue weighted by Crippen LogP contribution is 2.31. The minimum absolute atomic E-state index is 0.314.